The van der Waals surface area contributed by atoms with Gasteiger partial charge in [0.2, 0.25) is 5.91 Å². The van der Waals surface area contributed by atoms with E-state index in [1.54, 1.807) is 49.9 Å². The predicted molar refractivity (Wildman–Crippen MR) is 130 cm³/mol. The molecule has 2 atom stereocenters. The maximum absolute atomic E-state index is 11.7. The van der Waals surface area contributed by atoms with E-state index in [4.69, 9.17) is 19.3 Å². The van der Waals surface area contributed by atoms with Gasteiger partial charge in [-0.25, -0.2) is 0 Å². The van der Waals surface area contributed by atoms with E-state index in [1.807, 2.05) is 36.4 Å². The van der Waals surface area contributed by atoms with Crippen molar-refractivity contribution in [1.29, 1.82) is 0 Å². The van der Waals surface area contributed by atoms with Crippen LogP contribution in [-0.2, 0) is 13.8 Å². The molecule has 0 unspecified atom stereocenters. The number of aromatic hydroxyl groups is 1. The van der Waals surface area contributed by atoms with Gasteiger partial charge in [0.05, 0.1) is 6.54 Å². The number of phenolic OH excluding ortho intramolecular Hbond substituents is 1. The van der Waals surface area contributed by atoms with E-state index in [9.17, 15) is 9.90 Å². The van der Waals surface area contributed by atoms with Crippen LogP contribution in [0, 0.1) is 0 Å². The van der Waals surface area contributed by atoms with Crippen LogP contribution in [0.25, 0.3) is 0 Å². The fourth-order valence-electron chi connectivity index (χ4n) is 3.57. The molecule has 2 aromatic rings. The number of hydrogen-bond donors (Lipinski definition) is 2. The molecule has 32 heavy (non-hydrogen) atoms. The van der Waals surface area contributed by atoms with Crippen molar-refractivity contribution < 1.29 is 23.5 Å². The number of benzene rings is 2. The first-order chi connectivity index (χ1) is 15.5. The number of rotatable bonds is 12. The second kappa shape index (κ2) is 12.7. The average Bonchev–Trinajstić information content (AvgIpc) is 3.17. The van der Waals surface area contributed by atoms with Gasteiger partial charge >= 0.3 is 8.60 Å². The molecule has 3 rings (SSSR count). The van der Waals surface area contributed by atoms with E-state index >= 15 is 0 Å². The van der Waals surface area contributed by atoms with Gasteiger partial charge in [-0.3, -0.25) is 9.69 Å². The van der Waals surface area contributed by atoms with Crippen LogP contribution in [0.4, 0.5) is 0 Å². The van der Waals surface area contributed by atoms with E-state index < -0.39 is 8.60 Å². The molecule has 0 radical (unpaired) electrons. The van der Waals surface area contributed by atoms with Gasteiger partial charge in [-0.1, -0.05) is 0 Å². The molecule has 1 fully saturated rings. The van der Waals surface area contributed by atoms with E-state index in [0.717, 1.165) is 34.1 Å². The fraction of sp³-hybridized carbons (Fsp3) is 0.409. The smallest absolute Gasteiger partial charge is 0.396 e. The number of thioether (sulfide) groups is 2. The highest BCUT2D eigenvalue weighted by atomic mass is 32.2. The number of likely N-dealkylation sites (tertiary alicyclic amines) is 1. The summed E-state index contributed by atoms with van der Waals surface area (Å²) >= 11 is 3.50. The summed E-state index contributed by atoms with van der Waals surface area (Å²) in [6.07, 6.45) is 2.07. The van der Waals surface area contributed by atoms with Gasteiger partial charge in [-0.2, -0.15) is 0 Å². The number of phenols is 1. The Bertz CT molecular complexity index is 852. The maximum atomic E-state index is 11.7. The van der Waals surface area contributed by atoms with Gasteiger partial charge < -0.3 is 24.4 Å². The van der Waals surface area contributed by atoms with Crippen LogP contribution in [0.1, 0.15) is 12.8 Å². The van der Waals surface area contributed by atoms with E-state index in [1.165, 1.54) is 0 Å². The Morgan fingerprint density at radius 1 is 1.00 bits per heavy atom. The summed E-state index contributed by atoms with van der Waals surface area (Å²) in [6.45, 7) is 0.274. The molecule has 3 N–H and O–H groups in total. The highest BCUT2D eigenvalue weighted by Gasteiger charge is 2.34. The van der Waals surface area contributed by atoms with E-state index in [0.29, 0.717) is 17.8 Å². The van der Waals surface area contributed by atoms with Gasteiger partial charge in [0.15, 0.2) is 0 Å². The first-order valence-electron chi connectivity index (χ1n) is 10.2. The van der Waals surface area contributed by atoms with Crippen molar-refractivity contribution in [2.45, 2.75) is 34.7 Å². The van der Waals surface area contributed by atoms with Gasteiger partial charge in [0.1, 0.15) is 11.5 Å². The third-order valence-electron chi connectivity index (χ3n) is 5.13. The van der Waals surface area contributed by atoms with Crippen LogP contribution in [0.15, 0.2) is 58.3 Å². The highest BCUT2D eigenvalue weighted by Crippen LogP contribution is 2.39. The van der Waals surface area contributed by atoms with Gasteiger partial charge in [-0.05, 0) is 61.4 Å². The molecular formula is C22H29N2O5PS2. The summed E-state index contributed by atoms with van der Waals surface area (Å²) in [7, 11) is 1.73. The van der Waals surface area contributed by atoms with Crippen molar-refractivity contribution in [3.05, 3.63) is 48.5 Å². The van der Waals surface area contributed by atoms with Crippen molar-refractivity contribution in [2.75, 3.05) is 32.3 Å². The highest BCUT2D eigenvalue weighted by molar-refractivity contribution is 7.99. The van der Waals surface area contributed by atoms with Gasteiger partial charge in [-0.15, -0.1) is 23.5 Å². The molecule has 0 bridgehead atoms. The molecule has 1 aliphatic heterocycles. The van der Waals surface area contributed by atoms with Crippen molar-refractivity contribution in [2.24, 2.45) is 5.73 Å². The largest absolute Gasteiger partial charge is 0.508 e. The summed E-state index contributed by atoms with van der Waals surface area (Å²) in [5.74, 6) is 2.44. The molecule has 10 heteroatoms. The fourth-order valence-corrected chi connectivity index (χ4v) is 6.30. The summed E-state index contributed by atoms with van der Waals surface area (Å²) in [5, 5.41) is 9.45. The molecule has 7 nitrogen and oxygen atoms in total. The normalized spacial score (nSPS) is 18.8. The Morgan fingerprint density at radius 2 is 1.50 bits per heavy atom. The lowest BCUT2D eigenvalue weighted by Crippen LogP contribution is -2.44. The van der Waals surface area contributed by atoms with Crippen molar-refractivity contribution in [3.8, 4) is 11.5 Å². The molecule has 1 aliphatic rings. The molecule has 0 saturated carbocycles. The molecule has 174 valence electrons. The summed E-state index contributed by atoms with van der Waals surface area (Å²) in [5.41, 5.74) is 5.55. The Labute approximate surface area is 199 Å². The van der Waals surface area contributed by atoms with Crippen LogP contribution in [0.5, 0.6) is 11.5 Å². The summed E-state index contributed by atoms with van der Waals surface area (Å²) in [6, 6.07) is 15.7. The quantitative estimate of drug-likeness (QED) is 0.328. The molecular weight excluding hydrogens is 467 g/mol. The number of primary amides is 1. The molecule has 0 spiro atoms. The second-order valence-corrected chi connectivity index (χ2v) is 10.8. The lowest BCUT2D eigenvalue weighted by atomic mass is 10.2. The SMILES string of the molecule is COP(OC)Oc1ccc(SC[C@@H]2CC[C@H](CSc3ccc(O)cc3)N2CC(N)=O)cc1. The summed E-state index contributed by atoms with van der Waals surface area (Å²) < 4.78 is 15.9. The Hall–Kier alpha value is -1.48. The molecule has 2 aromatic carbocycles. The number of carbonyl (C=O) groups is 1. The second-order valence-electron chi connectivity index (χ2n) is 7.29. The molecule has 1 heterocycles. The average molecular weight is 497 g/mol. The Morgan fingerprint density at radius 3 is 1.97 bits per heavy atom. The van der Waals surface area contributed by atoms with E-state index in [-0.39, 0.29) is 18.2 Å². The van der Waals surface area contributed by atoms with E-state index in [2.05, 4.69) is 4.90 Å². The first kappa shape index (κ1) is 25.1. The minimum absolute atomic E-state index is 0.264. The molecule has 0 aromatic heterocycles. The topological polar surface area (TPSA) is 94.2 Å². The number of nitrogens with zero attached hydrogens (tertiary/aromatic N) is 1. The van der Waals surface area contributed by atoms with Crippen LogP contribution < -0.4 is 10.3 Å². The predicted octanol–water partition coefficient (Wildman–Crippen LogP) is 4.49. The first-order valence-corrected chi connectivity index (χ1v) is 13.3. The number of hydrogen-bond acceptors (Lipinski definition) is 8. The molecule has 1 saturated heterocycles. The zero-order valence-corrected chi connectivity index (χ0v) is 20.7. The Kier molecular flexibility index (Phi) is 9.96. The third kappa shape index (κ3) is 7.54. The molecule has 1 amide bonds. The number of carbonyl (C=O) groups excluding carboxylic acids is 1. The van der Waals surface area contributed by atoms with Crippen molar-refractivity contribution in [3.63, 3.8) is 0 Å². The lowest BCUT2D eigenvalue weighted by molar-refractivity contribution is -0.119. The minimum atomic E-state index is -1.37. The maximum Gasteiger partial charge on any atom is 0.396 e. The molecule has 0 aliphatic carbocycles. The van der Waals surface area contributed by atoms with Crippen LogP contribution in [-0.4, -0.2) is 60.3 Å². The van der Waals surface area contributed by atoms with Crippen molar-refractivity contribution in [1.82, 2.24) is 4.90 Å². The Balaban J connectivity index is 1.54. The minimum Gasteiger partial charge on any atom is -0.508 e. The number of amides is 1. The van der Waals surface area contributed by atoms with Gasteiger partial charge in [0.25, 0.3) is 0 Å². The zero-order chi connectivity index (χ0) is 22.9. The zero-order valence-electron chi connectivity index (χ0n) is 18.2. The van der Waals surface area contributed by atoms with Crippen LogP contribution in [0.2, 0.25) is 0 Å². The monoisotopic (exact) mass is 496 g/mol. The number of nitrogens with two attached hydrogens (primary N) is 1. The standard InChI is InChI=1S/C22H29N2O5PS2/c1-27-30(28-2)29-19-7-11-21(12-8-19)32-15-17-4-3-16(24(17)13-22(23)26)14-31-20-9-5-18(25)6-10-20/h5-12,16-17,25H,3-4,13-15H2,1-2H3,(H2,23,26)/t16-,17+/m1/s1. The van der Waals surface area contributed by atoms with Crippen molar-refractivity contribution >= 4 is 38.0 Å². The van der Waals surface area contributed by atoms with Crippen LogP contribution >= 0.6 is 32.1 Å². The lowest BCUT2D eigenvalue weighted by Gasteiger charge is -2.28. The van der Waals surface area contributed by atoms with Gasteiger partial charge in [0, 0.05) is 47.6 Å². The summed E-state index contributed by atoms with van der Waals surface area (Å²) in [4.78, 5) is 16.2. The third-order valence-corrected chi connectivity index (χ3v) is 8.40. The van der Waals surface area contributed by atoms with Crippen LogP contribution in [0.3, 0.4) is 0 Å².